The lowest BCUT2D eigenvalue weighted by atomic mass is 10.3. The second-order valence-electron chi connectivity index (χ2n) is 6.06. The molecule has 0 aliphatic rings. The molecule has 1 N–H and O–H groups in total. The predicted octanol–water partition coefficient (Wildman–Crippen LogP) is 3.02. The highest BCUT2D eigenvalue weighted by Crippen LogP contribution is 2.24. The van der Waals surface area contributed by atoms with Crippen LogP contribution in [0.15, 0.2) is 87.4 Å². The maximum absolute atomic E-state index is 13.2. The van der Waals surface area contributed by atoms with Crippen molar-refractivity contribution >= 4 is 27.8 Å². The van der Waals surface area contributed by atoms with Gasteiger partial charge in [0, 0.05) is 0 Å². The van der Waals surface area contributed by atoms with Crippen LogP contribution in [0.5, 0.6) is 5.75 Å². The maximum Gasteiger partial charge on any atom is 0.264 e. The van der Waals surface area contributed by atoms with Crippen LogP contribution >= 0.6 is 0 Å². The van der Waals surface area contributed by atoms with Crippen molar-refractivity contribution in [3.8, 4) is 5.75 Å². The molecule has 1 amide bonds. The van der Waals surface area contributed by atoms with Crippen molar-refractivity contribution in [2.75, 3.05) is 17.5 Å². The minimum Gasteiger partial charge on any atom is -0.494 e. The first-order valence-corrected chi connectivity index (χ1v) is 10.6. The fourth-order valence-electron chi connectivity index (χ4n) is 2.61. The molecule has 0 spiro atoms. The standard InChI is InChI=1S/C21H21N3O5S/c1-2-28-18-10-12-20(13-11-18)30(26,27)24(17-7-4-3-5-8-17)16-21(25)23-22-15-19-9-6-14-29-19/h3-15H,2,16H2,1H3,(H,23,25)/b22-15-. The summed E-state index contributed by atoms with van der Waals surface area (Å²) in [6, 6.07) is 17.8. The Kier molecular flexibility index (Phi) is 6.87. The molecule has 3 aromatic rings. The molecule has 0 unspecified atom stereocenters. The van der Waals surface area contributed by atoms with Crippen LogP contribution < -0.4 is 14.5 Å². The van der Waals surface area contributed by atoms with Crippen molar-refractivity contribution in [3.63, 3.8) is 0 Å². The molecule has 30 heavy (non-hydrogen) atoms. The number of nitrogens with zero attached hydrogens (tertiary/aromatic N) is 2. The third-order valence-corrected chi connectivity index (χ3v) is 5.77. The molecule has 1 aromatic heterocycles. The fraction of sp³-hybridized carbons (Fsp3) is 0.143. The highest BCUT2D eigenvalue weighted by Gasteiger charge is 2.27. The van der Waals surface area contributed by atoms with Crippen LogP contribution in [-0.2, 0) is 14.8 Å². The van der Waals surface area contributed by atoms with Crippen LogP contribution in [0, 0.1) is 0 Å². The van der Waals surface area contributed by atoms with Gasteiger partial charge in [-0.25, -0.2) is 13.8 Å². The van der Waals surface area contributed by atoms with Crippen LogP contribution in [0.2, 0.25) is 0 Å². The van der Waals surface area contributed by atoms with Crippen molar-refractivity contribution in [1.29, 1.82) is 0 Å². The van der Waals surface area contributed by atoms with Crippen LogP contribution in [0.25, 0.3) is 0 Å². The third kappa shape index (κ3) is 5.26. The smallest absolute Gasteiger partial charge is 0.264 e. The first-order valence-electron chi connectivity index (χ1n) is 9.17. The monoisotopic (exact) mass is 427 g/mol. The number of hydrogen-bond acceptors (Lipinski definition) is 6. The molecule has 9 heteroatoms. The quantitative estimate of drug-likeness (QED) is 0.418. The van der Waals surface area contributed by atoms with Gasteiger partial charge >= 0.3 is 0 Å². The fourth-order valence-corrected chi connectivity index (χ4v) is 4.03. The Hall–Kier alpha value is -3.59. The molecule has 0 saturated heterocycles. The van der Waals surface area contributed by atoms with E-state index in [9.17, 15) is 13.2 Å². The molecular formula is C21H21N3O5S. The summed E-state index contributed by atoms with van der Waals surface area (Å²) >= 11 is 0. The molecule has 0 aliphatic carbocycles. The maximum atomic E-state index is 13.2. The number of hydrazone groups is 1. The number of amides is 1. The SMILES string of the molecule is CCOc1ccc(S(=O)(=O)N(CC(=O)N/N=C\c2ccco2)c2ccccc2)cc1. The van der Waals surface area contributed by atoms with Gasteiger partial charge in [0.15, 0.2) is 0 Å². The summed E-state index contributed by atoms with van der Waals surface area (Å²) < 4.78 is 38.0. The van der Waals surface area contributed by atoms with Crippen LogP contribution in [0.1, 0.15) is 12.7 Å². The van der Waals surface area contributed by atoms with E-state index in [4.69, 9.17) is 9.15 Å². The summed E-state index contributed by atoms with van der Waals surface area (Å²) in [5.74, 6) is 0.418. The number of anilines is 1. The average Bonchev–Trinajstić information content (AvgIpc) is 3.27. The van der Waals surface area contributed by atoms with E-state index in [1.54, 1.807) is 54.6 Å². The largest absolute Gasteiger partial charge is 0.494 e. The number of hydrogen-bond donors (Lipinski definition) is 1. The second kappa shape index (κ2) is 9.75. The van der Waals surface area contributed by atoms with Crippen molar-refractivity contribution in [1.82, 2.24) is 5.43 Å². The lowest BCUT2D eigenvalue weighted by molar-refractivity contribution is -0.119. The van der Waals surface area contributed by atoms with Gasteiger partial charge in [0.1, 0.15) is 18.1 Å². The lowest BCUT2D eigenvalue weighted by Crippen LogP contribution is -2.39. The van der Waals surface area contributed by atoms with Gasteiger partial charge < -0.3 is 9.15 Å². The van der Waals surface area contributed by atoms with Gasteiger partial charge in [0.2, 0.25) is 0 Å². The summed E-state index contributed by atoms with van der Waals surface area (Å²) in [4.78, 5) is 12.4. The van der Waals surface area contributed by atoms with Gasteiger partial charge in [-0.05, 0) is 55.5 Å². The number of ether oxygens (including phenoxy) is 1. The zero-order chi connectivity index (χ0) is 21.4. The number of sulfonamides is 1. The van der Waals surface area contributed by atoms with Crippen LogP contribution in [0.3, 0.4) is 0 Å². The Balaban J connectivity index is 1.82. The number of benzene rings is 2. The Bertz CT molecular complexity index is 1080. The highest BCUT2D eigenvalue weighted by atomic mass is 32.2. The van der Waals surface area contributed by atoms with E-state index in [0.717, 1.165) is 4.31 Å². The molecule has 0 bridgehead atoms. The van der Waals surface area contributed by atoms with E-state index in [1.807, 2.05) is 6.92 Å². The van der Waals surface area contributed by atoms with E-state index in [-0.39, 0.29) is 4.90 Å². The van der Waals surface area contributed by atoms with E-state index in [1.165, 1.54) is 24.6 Å². The molecule has 8 nitrogen and oxygen atoms in total. The molecule has 0 atom stereocenters. The molecule has 2 aromatic carbocycles. The zero-order valence-electron chi connectivity index (χ0n) is 16.3. The number of nitrogens with one attached hydrogen (secondary N) is 1. The molecular weight excluding hydrogens is 406 g/mol. The minimum absolute atomic E-state index is 0.0432. The summed E-state index contributed by atoms with van der Waals surface area (Å²) in [5, 5.41) is 3.79. The van der Waals surface area contributed by atoms with Gasteiger partial charge in [-0.3, -0.25) is 9.10 Å². The highest BCUT2D eigenvalue weighted by molar-refractivity contribution is 7.92. The molecule has 0 fully saturated rings. The Labute approximate surface area is 174 Å². The summed E-state index contributed by atoms with van der Waals surface area (Å²) in [6.07, 6.45) is 2.80. The Morgan fingerprint density at radius 1 is 1.10 bits per heavy atom. The molecule has 156 valence electrons. The lowest BCUT2D eigenvalue weighted by Gasteiger charge is -2.23. The van der Waals surface area contributed by atoms with Crippen LogP contribution in [0.4, 0.5) is 5.69 Å². The zero-order valence-corrected chi connectivity index (χ0v) is 17.1. The minimum atomic E-state index is -4.00. The normalized spacial score (nSPS) is 11.4. The first-order chi connectivity index (χ1) is 14.5. The average molecular weight is 427 g/mol. The Morgan fingerprint density at radius 2 is 1.83 bits per heavy atom. The van der Waals surface area contributed by atoms with Crippen molar-refractivity contribution in [3.05, 3.63) is 78.8 Å². The van der Waals surface area contributed by atoms with Gasteiger partial charge in [-0.15, -0.1) is 0 Å². The summed E-state index contributed by atoms with van der Waals surface area (Å²) in [7, 11) is -4.00. The molecule has 0 aliphatic heterocycles. The van der Waals surface area contributed by atoms with Gasteiger partial charge in [0.05, 0.1) is 29.7 Å². The van der Waals surface area contributed by atoms with Crippen LogP contribution in [-0.4, -0.2) is 33.7 Å². The number of rotatable bonds is 9. The van der Waals surface area contributed by atoms with E-state index in [0.29, 0.717) is 23.8 Å². The van der Waals surface area contributed by atoms with Crippen molar-refractivity contribution in [2.24, 2.45) is 5.10 Å². The Morgan fingerprint density at radius 3 is 2.47 bits per heavy atom. The molecule has 0 radical (unpaired) electrons. The van der Waals surface area contributed by atoms with Crippen molar-refractivity contribution in [2.45, 2.75) is 11.8 Å². The summed E-state index contributed by atoms with van der Waals surface area (Å²) in [5.41, 5.74) is 2.67. The van der Waals surface area contributed by atoms with E-state index in [2.05, 4.69) is 10.5 Å². The van der Waals surface area contributed by atoms with E-state index < -0.39 is 22.5 Å². The van der Waals surface area contributed by atoms with Gasteiger partial charge in [0.25, 0.3) is 15.9 Å². The molecule has 1 heterocycles. The van der Waals surface area contributed by atoms with Crippen molar-refractivity contribution < 1.29 is 22.4 Å². The number of carbonyl (C=O) groups is 1. The third-order valence-electron chi connectivity index (χ3n) is 3.98. The number of carbonyl (C=O) groups excluding carboxylic acids is 1. The van der Waals surface area contributed by atoms with Gasteiger partial charge in [-0.1, -0.05) is 18.2 Å². The molecule has 0 saturated carbocycles. The topological polar surface area (TPSA) is 101 Å². The molecule has 3 rings (SSSR count). The van der Waals surface area contributed by atoms with Gasteiger partial charge in [-0.2, -0.15) is 5.10 Å². The first kappa shape index (κ1) is 21.1. The number of para-hydroxylation sites is 1. The second-order valence-corrected chi connectivity index (χ2v) is 7.92. The number of furan rings is 1. The summed E-state index contributed by atoms with van der Waals surface area (Å²) in [6.45, 7) is 1.87. The predicted molar refractivity (Wildman–Crippen MR) is 113 cm³/mol. The van der Waals surface area contributed by atoms with E-state index >= 15 is 0 Å².